The molecule has 0 fully saturated rings. The minimum atomic E-state index is 0.732. The number of nitrogens with zero attached hydrogens (tertiary/aromatic N) is 2. The SMILES string of the molecule is CCNC(=NCCc1nc(C)c(C)s1)NCCc1cc(C)ccc1OC. The molecule has 2 N–H and O–H groups in total. The highest BCUT2D eigenvalue weighted by Crippen LogP contribution is 2.19. The van der Waals surface area contributed by atoms with Crippen LogP contribution >= 0.6 is 11.3 Å². The summed E-state index contributed by atoms with van der Waals surface area (Å²) in [5, 5.41) is 7.87. The molecular formula is C20H30N4OS. The van der Waals surface area contributed by atoms with Gasteiger partial charge in [0.1, 0.15) is 5.75 Å². The fraction of sp³-hybridized carbons (Fsp3) is 0.500. The Labute approximate surface area is 160 Å². The van der Waals surface area contributed by atoms with Crippen molar-refractivity contribution in [3.8, 4) is 5.75 Å². The van der Waals surface area contributed by atoms with Gasteiger partial charge in [-0.2, -0.15) is 0 Å². The largest absolute Gasteiger partial charge is 0.496 e. The summed E-state index contributed by atoms with van der Waals surface area (Å²) >= 11 is 1.76. The summed E-state index contributed by atoms with van der Waals surface area (Å²) in [6.45, 7) is 10.7. The molecule has 1 aromatic carbocycles. The third kappa shape index (κ3) is 6.02. The van der Waals surface area contributed by atoms with Crippen LogP contribution < -0.4 is 15.4 Å². The third-order valence-corrected chi connectivity index (χ3v) is 5.27. The lowest BCUT2D eigenvalue weighted by Crippen LogP contribution is -2.38. The fourth-order valence-corrected chi connectivity index (χ4v) is 3.59. The van der Waals surface area contributed by atoms with Gasteiger partial charge in [0.05, 0.1) is 17.8 Å². The zero-order valence-corrected chi connectivity index (χ0v) is 17.3. The van der Waals surface area contributed by atoms with Crippen molar-refractivity contribution in [1.29, 1.82) is 0 Å². The zero-order valence-electron chi connectivity index (χ0n) is 16.5. The summed E-state index contributed by atoms with van der Waals surface area (Å²) in [6.07, 6.45) is 1.77. The van der Waals surface area contributed by atoms with Gasteiger partial charge >= 0.3 is 0 Å². The summed E-state index contributed by atoms with van der Waals surface area (Å²) in [6, 6.07) is 6.28. The van der Waals surface area contributed by atoms with Crippen LogP contribution in [0.25, 0.3) is 0 Å². The number of aliphatic imine (C=N–C) groups is 1. The van der Waals surface area contributed by atoms with Crippen molar-refractivity contribution < 1.29 is 4.74 Å². The molecular weight excluding hydrogens is 344 g/mol. The zero-order chi connectivity index (χ0) is 18.9. The number of aromatic nitrogens is 1. The van der Waals surface area contributed by atoms with Gasteiger partial charge in [0.2, 0.25) is 0 Å². The van der Waals surface area contributed by atoms with Crippen LogP contribution in [0.2, 0.25) is 0 Å². The first-order valence-electron chi connectivity index (χ1n) is 9.12. The first-order chi connectivity index (χ1) is 12.5. The average Bonchev–Trinajstić information content (AvgIpc) is 2.93. The van der Waals surface area contributed by atoms with Gasteiger partial charge in [-0.15, -0.1) is 11.3 Å². The van der Waals surface area contributed by atoms with Crippen LogP contribution in [0.5, 0.6) is 5.75 Å². The maximum atomic E-state index is 5.45. The molecule has 1 aromatic heterocycles. The van der Waals surface area contributed by atoms with Gasteiger partial charge in [0.15, 0.2) is 5.96 Å². The molecule has 0 bridgehead atoms. The number of guanidine groups is 1. The molecule has 0 amide bonds. The average molecular weight is 375 g/mol. The van der Waals surface area contributed by atoms with E-state index in [1.54, 1.807) is 18.4 Å². The molecule has 142 valence electrons. The van der Waals surface area contributed by atoms with E-state index in [0.29, 0.717) is 0 Å². The number of aryl methyl sites for hydroxylation is 3. The first kappa shape index (κ1) is 20.2. The number of ether oxygens (including phenoxy) is 1. The van der Waals surface area contributed by atoms with Gasteiger partial charge in [-0.1, -0.05) is 17.7 Å². The Morgan fingerprint density at radius 1 is 1.19 bits per heavy atom. The van der Waals surface area contributed by atoms with Gasteiger partial charge in [-0.25, -0.2) is 4.98 Å². The van der Waals surface area contributed by atoms with Gasteiger partial charge < -0.3 is 15.4 Å². The van der Waals surface area contributed by atoms with Crippen LogP contribution in [-0.4, -0.2) is 37.7 Å². The molecule has 0 radical (unpaired) electrons. The van der Waals surface area contributed by atoms with Crippen LogP contribution in [0.15, 0.2) is 23.2 Å². The standard InChI is InChI=1S/C20H30N4OS/c1-6-21-20(23-12-10-19-24-15(3)16(4)26-19)22-11-9-17-13-14(2)7-8-18(17)25-5/h7-8,13H,6,9-12H2,1-5H3,(H2,21,22,23). The highest BCUT2D eigenvalue weighted by Gasteiger charge is 2.05. The van der Waals surface area contributed by atoms with Crippen molar-refractivity contribution >= 4 is 17.3 Å². The number of nitrogens with one attached hydrogen (secondary N) is 2. The van der Waals surface area contributed by atoms with Gasteiger partial charge in [0.25, 0.3) is 0 Å². The second-order valence-corrected chi connectivity index (χ2v) is 7.54. The Morgan fingerprint density at radius 2 is 2.00 bits per heavy atom. The highest BCUT2D eigenvalue weighted by molar-refractivity contribution is 7.11. The Bertz CT molecular complexity index is 720. The Hall–Kier alpha value is -2.08. The van der Waals surface area contributed by atoms with E-state index in [-0.39, 0.29) is 0 Å². The van der Waals surface area contributed by atoms with Crippen LogP contribution in [0, 0.1) is 20.8 Å². The molecule has 2 rings (SSSR count). The molecule has 2 aromatic rings. The molecule has 0 aliphatic carbocycles. The molecule has 0 aliphatic heterocycles. The van der Waals surface area contributed by atoms with E-state index in [4.69, 9.17) is 4.74 Å². The van der Waals surface area contributed by atoms with Crippen LogP contribution in [0.3, 0.4) is 0 Å². The molecule has 0 aliphatic rings. The van der Waals surface area contributed by atoms with E-state index in [2.05, 4.69) is 60.4 Å². The first-order valence-corrected chi connectivity index (χ1v) is 9.93. The third-order valence-electron chi connectivity index (χ3n) is 4.14. The monoisotopic (exact) mass is 374 g/mol. The smallest absolute Gasteiger partial charge is 0.191 e. The van der Waals surface area contributed by atoms with Crippen LogP contribution in [0.4, 0.5) is 0 Å². The number of rotatable bonds is 8. The molecule has 0 atom stereocenters. The van der Waals surface area contributed by atoms with E-state index in [9.17, 15) is 0 Å². The lowest BCUT2D eigenvalue weighted by molar-refractivity contribution is 0.409. The van der Waals surface area contributed by atoms with Gasteiger partial charge in [-0.05, 0) is 45.7 Å². The van der Waals surface area contributed by atoms with Crippen LogP contribution in [-0.2, 0) is 12.8 Å². The van der Waals surface area contributed by atoms with E-state index in [1.165, 1.54) is 16.0 Å². The van der Waals surface area contributed by atoms with E-state index < -0.39 is 0 Å². The number of hydrogen-bond acceptors (Lipinski definition) is 4. The topological polar surface area (TPSA) is 58.5 Å². The minimum absolute atomic E-state index is 0.732. The van der Waals surface area contributed by atoms with Crippen molar-refractivity contribution in [3.63, 3.8) is 0 Å². The summed E-state index contributed by atoms with van der Waals surface area (Å²) in [5.41, 5.74) is 3.59. The Kier molecular flexibility index (Phi) is 7.91. The van der Waals surface area contributed by atoms with E-state index >= 15 is 0 Å². The Morgan fingerprint density at radius 3 is 2.65 bits per heavy atom. The maximum absolute atomic E-state index is 5.45. The highest BCUT2D eigenvalue weighted by atomic mass is 32.1. The summed E-state index contributed by atoms with van der Waals surface area (Å²) in [5.74, 6) is 1.79. The quantitative estimate of drug-likeness (QED) is 0.549. The van der Waals surface area contributed by atoms with Crippen molar-refractivity contribution in [2.24, 2.45) is 4.99 Å². The fourth-order valence-electron chi connectivity index (χ4n) is 2.67. The van der Waals surface area contributed by atoms with Crippen molar-refractivity contribution in [3.05, 3.63) is 44.9 Å². The van der Waals surface area contributed by atoms with Gasteiger partial charge in [-0.3, -0.25) is 4.99 Å². The summed E-state index contributed by atoms with van der Waals surface area (Å²) in [4.78, 5) is 10.5. The molecule has 0 saturated carbocycles. The summed E-state index contributed by atoms with van der Waals surface area (Å²) < 4.78 is 5.45. The molecule has 6 heteroatoms. The number of thiazole rings is 1. The molecule has 0 unspecified atom stereocenters. The molecule has 0 saturated heterocycles. The lowest BCUT2D eigenvalue weighted by Gasteiger charge is -2.13. The van der Waals surface area contributed by atoms with Crippen molar-refractivity contribution in [1.82, 2.24) is 15.6 Å². The maximum Gasteiger partial charge on any atom is 0.191 e. The van der Waals surface area contributed by atoms with Crippen molar-refractivity contribution in [2.45, 2.75) is 40.5 Å². The predicted molar refractivity (Wildman–Crippen MR) is 111 cm³/mol. The van der Waals surface area contributed by atoms with Crippen molar-refractivity contribution in [2.75, 3.05) is 26.7 Å². The lowest BCUT2D eigenvalue weighted by atomic mass is 10.1. The predicted octanol–water partition coefficient (Wildman–Crippen LogP) is 3.42. The van der Waals surface area contributed by atoms with E-state index in [1.807, 2.05) is 6.07 Å². The second kappa shape index (κ2) is 10.2. The second-order valence-electron chi connectivity index (χ2n) is 6.25. The molecule has 5 nitrogen and oxygen atoms in total. The number of benzene rings is 1. The number of methoxy groups -OCH3 is 1. The minimum Gasteiger partial charge on any atom is -0.496 e. The molecule has 26 heavy (non-hydrogen) atoms. The summed E-state index contributed by atoms with van der Waals surface area (Å²) in [7, 11) is 1.72. The van der Waals surface area contributed by atoms with Gasteiger partial charge in [0, 0.05) is 30.9 Å². The molecule has 0 spiro atoms. The van der Waals surface area contributed by atoms with Crippen LogP contribution in [0.1, 0.15) is 33.6 Å². The van der Waals surface area contributed by atoms with E-state index in [0.717, 1.165) is 54.9 Å². The Balaban J connectivity index is 1.88. The normalized spacial score (nSPS) is 11.5. The molecule has 1 heterocycles. The number of hydrogen-bond donors (Lipinski definition) is 2.